The Labute approximate surface area is 170 Å². The molecule has 3 aliphatic rings. The topological polar surface area (TPSA) is 42.9 Å². The molecule has 4 rings (SSSR count). The SMILES string of the molecule is CN=C(NCCN(CC1CC1)C1CC1)NCc1ccc(CN2CCCC2)cc1. The second-order valence-corrected chi connectivity index (χ2v) is 8.82. The molecule has 0 aromatic heterocycles. The molecule has 0 amide bonds. The smallest absolute Gasteiger partial charge is 0.191 e. The second kappa shape index (κ2) is 9.75. The minimum Gasteiger partial charge on any atom is -0.355 e. The third-order valence-corrected chi connectivity index (χ3v) is 6.26. The zero-order valence-corrected chi connectivity index (χ0v) is 17.5. The molecule has 5 nitrogen and oxygen atoms in total. The van der Waals surface area contributed by atoms with Crippen molar-refractivity contribution in [1.29, 1.82) is 0 Å². The summed E-state index contributed by atoms with van der Waals surface area (Å²) < 4.78 is 0. The molecule has 0 unspecified atom stereocenters. The number of hydrogen-bond donors (Lipinski definition) is 2. The molecule has 3 fully saturated rings. The van der Waals surface area contributed by atoms with Gasteiger partial charge in [-0.15, -0.1) is 0 Å². The first kappa shape index (κ1) is 19.7. The Bertz CT molecular complexity index is 627. The highest BCUT2D eigenvalue weighted by atomic mass is 15.2. The van der Waals surface area contributed by atoms with Crippen LogP contribution in [0.5, 0.6) is 0 Å². The minimum atomic E-state index is 0.818. The minimum absolute atomic E-state index is 0.818. The molecule has 2 saturated carbocycles. The zero-order valence-electron chi connectivity index (χ0n) is 17.5. The van der Waals surface area contributed by atoms with E-state index in [0.717, 1.165) is 44.1 Å². The fourth-order valence-corrected chi connectivity index (χ4v) is 4.18. The molecule has 0 bridgehead atoms. The van der Waals surface area contributed by atoms with E-state index < -0.39 is 0 Å². The normalized spacial score (nSPS) is 20.7. The lowest BCUT2D eigenvalue weighted by atomic mass is 10.1. The van der Waals surface area contributed by atoms with Gasteiger partial charge in [-0.2, -0.15) is 0 Å². The molecular formula is C23H37N5. The highest BCUT2D eigenvalue weighted by Gasteiger charge is 2.33. The molecule has 1 aliphatic heterocycles. The number of hydrogen-bond acceptors (Lipinski definition) is 3. The fraction of sp³-hybridized carbons (Fsp3) is 0.696. The summed E-state index contributed by atoms with van der Waals surface area (Å²) >= 11 is 0. The molecule has 1 heterocycles. The monoisotopic (exact) mass is 383 g/mol. The number of benzene rings is 1. The highest BCUT2D eigenvalue weighted by Crippen LogP contribution is 2.34. The lowest BCUT2D eigenvalue weighted by Gasteiger charge is -2.22. The quantitative estimate of drug-likeness (QED) is 0.482. The van der Waals surface area contributed by atoms with E-state index in [2.05, 4.69) is 49.7 Å². The van der Waals surface area contributed by atoms with Gasteiger partial charge in [0.2, 0.25) is 0 Å². The molecular weight excluding hydrogens is 346 g/mol. The van der Waals surface area contributed by atoms with Crippen molar-refractivity contribution in [3.8, 4) is 0 Å². The molecule has 0 atom stereocenters. The van der Waals surface area contributed by atoms with E-state index in [1.165, 1.54) is 69.3 Å². The molecule has 1 aromatic carbocycles. The third kappa shape index (κ3) is 6.21. The Morgan fingerprint density at radius 3 is 2.39 bits per heavy atom. The summed E-state index contributed by atoms with van der Waals surface area (Å²) in [5, 5.41) is 6.96. The first-order chi connectivity index (χ1) is 13.8. The first-order valence-corrected chi connectivity index (χ1v) is 11.3. The molecule has 1 aromatic rings. The molecule has 5 heteroatoms. The number of nitrogens with zero attached hydrogens (tertiary/aromatic N) is 3. The van der Waals surface area contributed by atoms with E-state index in [-0.39, 0.29) is 0 Å². The van der Waals surface area contributed by atoms with Gasteiger partial charge in [0.15, 0.2) is 5.96 Å². The summed E-state index contributed by atoms with van der Waals surface area (Å²) in [5.41, 5.74) is 2.73. The van der Waals surface area contributed by atoms with Crippen LogP contribution in [0.2, 0.25) is 0 Å². The van der Waals surface area contributed by atoms with Gasteiger partial charge >= 0.3 is 0 Å². The number of likely N-dealkylation sites (tertiary alicyclic amines) is 1. The van der Waals surface area contributed by atoms with Crippen molar-refractivity contribution in [1.82, 2.24) is 20.4 Å². The van der Waals surface area contributed by atoms with Gasteiger partial charge in [0.1, 0.15) is 0 Å². The molecule has 0 spiro atoms. The van der Waals surface area contributed by atoms with Crippen molar-refractivity contribution in [3.63, 3.8) is 0 Å². The van der Waals surface area contributed by atoms with Crippen LogP contribution in [0.15, 0.2) is 29.3 Å². The van der Waals surface area contributed by atoms with E-state index in [0.29, 0.717) is 0 Å². The van der Waals surface area contributed by atoms with Crippen LogP contribution < -0.4 is 10.6 Å². The molecule has 154 valence electrons. The molecule has 0 radical (unpaired) electrons. The second-order valence-electron chi connectivity index (χ2n) is 8.82. The molecule has 28 heavy (non-hydrogen) atoms. The van der Waals surface area contributed by atoms with Crippen LogP contribution in [-0.4, -0.2) is 61.6 Å². The van der Waals surface area contributed by atoms with Gasteiger partial charge < -0.3 is 10.6 Å². The standard InChI is InChI=1S/C23H37N5/c1-24-23(25-12-15-28(22-10-11-22)18-21-8-9-21)26-16-19-4-6-20(7-5-19)17-27-13-2-3-14-27/h4-7,21-22H,2-3,8-18H2,1H3,(H2,24,25,26). The average molecular weight is 384 g/mol. The Morgan fingerprint density at radius 2 is 1.75 bits per heavy atom. The highest BCUT2D eigenvalue weighted by molar-refractivity contribution is 5.79. The Morgan fingerprint density at radius 1 is 1.04 bits per heavy atom. The maximum absolute atomic E-state index is 4.39. The van der Waals surface area contributed by atoms with Crippen LogP contribution in [0.1, 0.15) is 49.7 Å². The largest absolute Gasteiger partial charge is 0.355 e. The number of guanidine groups is 1. The summed E-state index contributed by atoms with van der Waals surface area (Å²) in [6.07, 6.45) is 8.38. The van der Waals surface area contributed by atoms with E-state index >= 15 is 0 Å². The van der Waals surface area contributed by atoms with Crippen LogP contribution >= 0.6 is 0 Å². The number of rotatable bonds is 10. The van der Waals surface area contributed by atoms with E-state index in [4.69, 9.17) is 0 Å². The van der Waals surface area contributed by atoms with E-state index in [9.17, 15) is 0 Å². The van der Waals surface area contributed by atoms with Crippen molar-refractivity contribution >= 4 is 5.96 Å². The first-order valence-electron chi connectivity index (χ1n) is 11.3. The van der Waals surface area contributed by atoms with Crippen LogP contribution in [0, 0.1) is 5.92 Å². The van der Waals surface area contributed by atoms with Crippen molar-refractivity contribution < 1.29 is 0 Å². The van der Waals surface area contributed by atoms with Crippen molar-refractivity contribution in [2.75, 3.05) is 39.8 Å². The van der Waals surface area contributed by atoms with Gasteiger partial charge in [0, 0.05) is 45.8 Å². The van der Waals surface area contributed by atoms with Gasteiger partial charge in [0.05, 0.1) is 0 Å². The van der Waals surface area contributed by atoms with Gasteiger partial charge in [-0.3, -0.25) is 14.8 Å². The Hall–Kier alpha value is -1.59. The third-order valence-electron chi connectivity index (χ3n) is 6.26. The summed E-state index contributed by atoms with van der Waals surface area (Å²) in [6.45, 7) is 7.83. The predicted molar refractivity (Wildman–Crippen MR) is 116 cm³/mol. The predicted octanol–water partition coefficient (Wildman–Crippen LogP) is 2.82. The lowest BCUT2D eigenvalue weighted by molar-refractivity contribution is 0.256. The van der Waals surface area contributed by atoms with Crippen LogP contribution in [-0.2, 0) is 13.1 Å². The summed E-state index contributed by atoms with van der Waals surface area (Å²) in [4.78, 5) is 9.63. The zero-order chi connectivity index (χ0) is 19.2. The average Bonchev–Trinajstić information content (AvgIpc) is 3.65. The maximum atomic E-state index is 4.39. The van der Waals surface area contributed by atoms with Crippen molar-refractivity contribution in [2.45, 2.75) is 57.7 Å². The van der Waals surface area contributed by atoms with Gasteiger partial charge in [-0.05, 0) is 68.7 Å². The van der Waals surface area contributed by atoms with Gasteiger partial charge in [0.25, 0.3) is 0 Å². The van der Waals surface area contributed by atoms with E-state index in [1.807, 2.05) is 7.05 Å². The summed E-state index contributed by atoms with van der Waals surface area (Å²) in [6, 6.07) is 9.90. The van der Waals surface area contributed by atoms with Gasteiger partial charge in [-0.25, -0.2) is 0 Å². The maximum Gasteiger partial charge on any atom is 0.191 e. The molecule has 2 N–H and O–H groups in total. The lowest BCUT2D eigenvalue weighted by Crippen LogP contribution is -2.42. The van der Waals surface area contributed by atoms with Crippen LogP contribution in [0.3, 0.4) is 0 Å². The molecule has 1 saturated heterocycles. The Balaban J connectivity index is 1.16. The van der Waals surface area contributed by atoms with Crippen LogP contribution in [0.4, 0.5) is 0 Å². The van der Waals surface area contributed by atoms with Crippen molar-refractivity contribution in [3.05, 3.63) is 35.4 Å². The fourth-order valence-electron chi connectivity index (χ4n) is 4.18. The van der Waals surface area contributed by atoms with Gasteiger partial charge in [-0.1, -0.05) is 24.3 Å². The summed E-state index contributed by atoms with van der Waals surface area (Å²) in [7, 11) is 1.86. The van der Waals surface area contributed by atoms with Crippen LogP contribution in [0.25, 0.3) is 0 Å². The van der Waals surface area contributed by atoms with Crippen molar-refractivity contribution in [2.24, 2.45) is 10.9 Å². The van der Waals surface area contributed by atoms with E-state index in [1.54, 1.807) is 0 Å². The number of nitrogens with one attached hydrogen (secondary N) is 2. The molecule has 2 aliphatic carbocycles. The number of aliphatic imine (C=N–C) groups is 1. The summed E-state index contributed by atoms with van der Waals surface area (Å²) in [5.74, 6) is 1.88. The Kier molecular flexibility index (Phi) is 6.86.